The second kappa shape index (κ2) is 7.57. The van der Waals surface area contributed by atoms with Crippen molar-refractivity contribution in [2.24, 2.45) is 0 Å². The molecular formula is C17H27NO3S. The maximum atomic E-state index is 11.9. The predicted molar refractivity (Wildman–Crippen MR) is 90.9 cm³/mol. The van der Waals surface area contributed by atoms with Crippen molar-refractivity contribution in [3.63, 3.8) is 0 Å². The Morgan fingerprint density at radius 3 is 2.64 bits per heavy atom. The highest BCUT2D eigenvalue weighted by molar-refractivity contribution is 7.86. The molecule has 124 valence electrons. The highest BCUT2D eigenvalue weighted by atomic mass is 32.2. The third-order valence-electron chi connectivity index (χ3n) is 4.06. The second-order valence-electron chi connectivity index (χ2n) is 6.51. The molecule has 0 aromatic heterocycles. The Morgan fingerprint density at radius 2 is 2.05 bits per heavy atom. The number of ether oxygens (including phenoxy) is 1. The minimum Gasteiger partial charge on any atom is -0.491 e. The Hall–Kier alpha value is -0.910. The Labute approximate surface area is 135 Å². The molecule has 1 aliphatic rings. The smallest absolute Gasteiger partial charge is 0.119 e. The predicted octanol–water partition coefficient (Wildman–Crippen LogP) is 1.83. The molecule has 5 heteroatoms. The summed E-state index contributed by atoms with van der Waals surface area (Å²) in [6.45, 7) is 8.53. The molecule has 4 nitrogen and oxygen atoms in total. The van der Waals surface area contributed by atoms with Gasteiger partial charge in [0.15, 0.2) is 0 Å². The zero-order chi connectivity index (χ0) is 16.2. The lowest BCUT2D eigenvalue weighted by atomic mass is 10.1. The van der Waals surface area contributed by atoms with Gasteiger partial charge in [-0.2, -0.15) is 0 Å². The third kappa shape index (κ3) is 4.80. The summed E-state index contributed by atoms with van der Waals surface area (Å²) in [4.78, 5) is 2.18. The Balaban J connectivity index is 1.78. The molecule has 2 rings (SSSR count). The lowest BCUT2D eigenvalue weighted by Gasteiger charge is -2.38. The van der Waals surface area contributed by atoms with Crippen molar-refractivity contribution in [2.45, 2.75) is 38.0 Å². The molecule has 0 aliphatic carbocycles. The molecule has 0 amide bonds. The molecule has 1 saturated heterocycles. The number of benzene rings is 1. The Kier molecular flexibility index (Phi) is 6.01. The molecule has 1 fully saturated rings. The Morgan fingerprint density at radius 1 is 1.36 bits per heavy atom. The Bertz CT molecular complexity index is 501. The van der Waals surface area contributed by atoms with Gasteiger partial charge in [0, 0.05) is 36.2 Å². The van der Waals surface area contributed by atoms with Gasteiger partial charge in [-0.1, -0.05) is 19.1 Å². The topological polar surface area (TPSA) is 49.8 Å². The van der Waals surface area contributed by atoms with Gasteiger partial charge < -0.3 is 9.84 Å². The fourth-order valence-electron chi connectivity index (χ4n) is 2.70. The average molecular weight is 325 g/mol. The van der Waals surface area contributed by atoms with Crippen molar-refractivity contribution in [1.29, 1.82) is 0 Å². The minimum atomic E-state index is -0.777. The van der Waals surface area contributed by atoms with Crippen LogP contribution in [-0.4, -0.2) is 57.1 Å². The van der Waals surface area contributed by atoms with Crippen LogP contribution in [0.3, 0.4) is 0 Å². The van der Waals surface area contributed by atoms with Crippen LogP contribution < -0.4 is 4.74 Å². The SMILES string of the molecule is CCc1ccc(OCC(O)CN2CCS(=O)C(C)(C)C2)cc1. The summed E-state index contributed by atoms with van der Waals surface area (Å²) in [5.41, 5.74) is 1.27. The largest absolute Gasteiger partial charge is 0.491 e. The normalized spacial score (nSPS) is 23.2. The number of hydrogen-bond donors (Lipinski definition) is 1. The number of β-amino-alcohol motifs (C(OH)–C–C–N with tert-alkyl or cyclic N) is 1. The standard InChI is InChI=1S/C17H27NO3S/c1-4-14-5-7-16(8-6-14)21-12-15(19)11-18-9-10-22(20)17(2,3)13-18/h5-8,15,19H,4,9-13H2,1-3H3. The van der Waals surface area contributed by atoms with Crippen LogP contribution in [0.5, 0.6) is 5.75 Å². The number of aryl methyl sites for hydroxylation is 1. The molecule has 1 aliphatic heterocycles. The first-order valence-electron chi connectivity index (χ1n) is 7.91. The molecule has 1 aromatic carbocycles. The summed E-state index contributed by atoms with van der Waals surface area (Å²) in [6.07, 6.45) is 0.475. The van der Waals surface area contributed by atoms with Gasteiger partial charge in [-0.15, -0.1) is 0 Å². The fraction of sp³-hybridized carbons (Fsp3) is 0.647. The molecule has 0 spiro atoms. The van der Waals surface area contributed by atoms with Crippen molar-refractivity contribution in [3.8, 4) is 5.75 Å². The van der Waals surface area contributed by atoms with Crippen LogP contribution in [0.2, 0.25) is 0 Å². The number of hydrogen-bond acceptors (Lipinski definition) is 4. The number of aliphatic hydroxyl groups excluding tert-OH is 1. The van der Waals surface area contributed by atoms with Crippen LogP contribution in [0, 0.1) is 0 Å². The van der Waals surface area contributed by atoms with Gasteiger partial charge in [0.1, 0.15) is 18.5 Å². The summed E-state index contributed by atoms with van der Waals surface area (Å²) in [5.74, 6) is 1.47. The van der Waals surface area contributed by atoms with Crippen LogP contribution in [0.1, 0.15) is 26.3 Å². The maximum absolute atomic E-state index is 11.9. The lowest BCUT2D eigenvalue weighted by molar-refractivity contribution is 0.0662. The number of aliphatic hydroxyl groups is 1. The first kappa shape index (κ1) is 17.4. The third-order valence-corrected chi connectivity index (χ3v) is 5.97. The van der Waals surface area contributed by atoms with Crippen molar-refractivity contribution in [3.05, 3.63) is 29.8 Å². The van der Waals surface area contributed by atoms with Gasteiger partial charge in [0.25, 0.3) is 0 Å². The van der Waals surface area contributed by atoms with E-state index in [9.17, 15) is 9.32 Å². The minimum absolute atomic E-state index is 0.200. The molecule has 22 heavy (non-hydrogen) atoms. The average Bonchev–Trinajstić information content (AvgIpc) is 2.49. The van der Waals surface area contributed by atoms with E-state index in [1.807, 2.05) is 38.1 Å². The van der Waals surface area contributed by atoms with Crippen molar-refractivity contribution in [2.75, 3.05) is 32.0 Å². The fourth-order valence-corrected chi connectivity index (χ4v) is 4.00. The van der Waals surface area contributed by atoms with Crippen LogP contribution in [0.15, 0.2) is 24.3 Å². The summed E-state index contributed by atoms with van der Waals surface area (Å²) in [5, 5.41) is 10.2. The van der Waals surface area contributed by atoms with Crippen LogP contribution >= 0.6 is 0 Å². The van der Waals surface area contributed by atoms with Gasteiger partial charge >= 0.3 is 0 Å². The molecule has 1 aromatic rings. The van der Waals surface area contributed by atoms with E-state index >= 15 is 0 Å². The quantitative estimate of drug-likeness (QED) is 0.867. The van der Waals surface area contributed by atoms with E-state index in [0.717, 1.165) is 25.3 Å². The first-order chi connectivity index (χ1) is 10.4. The van der Waals surface area contributed by atoms with E-state index in [1.54, 1.807) is 0 Å². The van der Waals surface area contributed by atoms with Crippen molar-refractivity contribution < 1.29 is 14.1 Å². The first-order valence-corrected chi connectivity index (χ1v) is 9.23. The summed E-state index contributed by atoms with van der Waals surface area (Å²) < 4.78 is 17.4. The van der Waals surface area contributed by atoms with Gasteiger partial charge in [0.05, 0.1) is 4.75 Å². The van der Waals surface area contributed by atoms with Gasteiger partial charge in [0.2, 0.25) is 0 Å². The summed E-state index contributed by atoms with van der Waals surface area (Å²) in [6, 6.07) is 7.98. The molecule has 1 heterocycles. The second-order valence-corrected chi connectivity index (χ2v) is 8.71. The van der Waals surface area contributed by atoms with Crippen molar-refractivity contribution in [1.82, 2.24) is 4.90 Å². The monoisotopic (exact) mass is 325 g/mol. The van der Waals surface area contributed by atoms with Gasteiger partial charge in [-0.3, -0.25) is 9.11 Å². The molecule has 0 bridgehead atoms. The molecule has 0 saturated carbocycles. The van der Waals surface area contributed by atoms with E-state index < -0.39 is 16.9 Å². The highest BCUT2D eigenvalue weighted by Gasteiger charge is 2.33. The molecule has 1 N–H and O–H groups in total. The number of nitrogens with zero attached hydrogens (tertiary/aromatic N) is 1. The zero-order valence-corrected chi connectivity index (χ0v) is 14.6. The maximum Gasteiger partial charge on any atom is 0.119 e. The van der Waals surface area contributed by atoms with Crippen LogP contribution in [0.25, 0.3) is 0 Å². The van der Waals surface area contributed by atoms with Gasteiger partial charge in [-0.05, 0) is 38.0 Å². The zero-order valence-electron chi connectivity index (χ0n) is 13.7. The van der Waals surface area contributed by atoms with E-state index in [1.165, 1.54) is 5.56 Å². The van der Waals surface area contributed by atoms with E-state index in [0.29, 0.717) is 12.3 Å². The summed E-state index contributed by atoms with van der Waals surface area (Å²) in [7, 11) is -0.777. The molecule has 2 atom stereocenters. The molecular weight excluding hydrogens is 298 g/mol. The number of rotatable bonds is 6. The van der Waals surface area contributed by atoms with Crippen LogP contribution in [0.4, 0.5) is 0 Å². The van der Waals surface area contributed by atoms with Gasteiger partial charge in [-0.25, -0.2) is 0 Å². The molecule has 0 radical (unpaired) electrons. The molecule has 2 unspecified atom stereocenters. The van der Waals surface area contributed by atoms with Crippen LogP contribution in [-0.2, 0) is 17.2 Å². The van der Waals surface area contributed by atoms with E-state index in [-0.39, 0.29) is 11.4 Å². The lowest BCUT2D eigenvalue weighted by Crippen LogP contribution is -2.52. The highest BCUT2D eigenvalue weighted by Crippen LogP contribution is 2.20. The van der Waals surface area contributed by atoms with Crippen molar-refractivity contribution >= 4 is 10.8 Å². The van der Waals surface area contributed by atoms with E-state index in [2.05, 4.69) is 11.8 Å². The summed E-state index contributed by atoms with van der Waals surface area (Å²) >= 11 is 0. The van der Waals surface area contributed by atoms with E-state index in [4.69, 9.17) is 4.74 Å².